The van der Waals surface area contributed by atoms with E-state index in [1.54, 1.807) is 12.4 Å². The highest BCUT2D eigenvalue weighted by atomic mass is 16.5. The largest absolute Gasteiger partial charge is 0.472 e. The molecule has 1 aliphatic heterocycles. The number of aromatic nitrogens is 4. The third-order valence-corrected chi connectivity index (χ3v) is 5.04. The number of hydrogen-bond donors (Lipinski definition) is 2. The van der Waals surface area contributed by atoms with Crippen molar-refractivity contribution in [1.29, 1.82) is 0 Å². The van der Waals surface area contributed by atoms with Crippen molar-refractivity contribution < 1.29 is 9.15 Å². The minimum Gasteiger partial charge on any atom is -0.472 e. The van der Waals surface area contributed by atoms with E-state index in [1.165, 1.54) is 5.56 Å². The van der Waals surface area contributed by atoms with Crippen LogP contribution in [0.25, 0.3) is 17.0 Å². The molecule has 0 unspecified atom stereocenters. The first-order valence-corrected chi connectivity index (χ1v) is 9.39. The normalized spacial score (nSPS) is 18.6. The molecule has 1 aliphatic carbocycles. The fraction of sp³-hybridized carbons (Fsp3) is 0.300. The van der Waals surface area contributed by atoms with Crippen LogP contribution in [-0.2, 0) is 6.42 Å². The third kappa shape index (κ3) is 3.22. The number of nitrogen functional groups attached to an aromatic ring is 1. The standard InChI is InChI=1S/C20H20N6O2/c21-20-26-25-19(28-20)13-4-3-12-5-6-15(16(12)8-13)17-10-23-11-18(24-17)27-14-2-1-7-22-9-14/h3-4,6,8,10-11,14,22H,1-2,5,7,9H2,(H2,21,26)/t14-/m1/s1. The molecule has 1 fully saturated rings. The number of allylic oxidation sites excluding steroid dienone is 1. The van der Waals surface area contributed by atoms with E-state index in [0.717, 1.165) is 54.7 Å². The molecule has 28 heavy (non-hydrogen) atoms. The van der Waals surface area contributed by atoms with Gasteiger partial charge in [0, 0.05) is 17.7 Å². The van der Waals surface area contributed by atoms with Crippen LogP contribution in [0.15, 0.2) is 41.1 Å². The first-order chi connectivity index (χ1) is 13.8. The fourth-order valence-corrected chi connectivity index (χ4v) is 3.68. The second kappa shape index (κ2) is 7.05. The molecule has 0 amide bonds. The summed E-state index contributed by atoms with van der Waals surface area (Å²) in [4.78, 5) is 9.05. The van der Waals surface area contributed by atoms with Gasteiger partial charge in [-0.25, -0.2) is 4.98 Å². The monoisotopic (exact) mass is 376 g/mol. The zero-order valence-electron chi connectivity index (χ0n) is 15.3. The van der Waals surface area contributed by atoms with Gasteiger partial charge < -0.3 is 20.2 Å². The molecule has 3 heterocycles. The Hall–Kier alpha value is -3.26. The second-order valence-electron chi connectivity index (χ2n) is 6.97. The van der Waals surface area contributed by atoms with Crippen LogP contribution in [0, 0.1) is 0 Å². The van der Waals surface area contributed by atoms with Crippen molar-refractivity contribution in [2.24, 2.45) is 0 Å². The van der Waals surface area contributed by atoms with E-state index in [1.807, 2.05) is 12.1 Å². The Balaban J connectivity index is 1.43. The summed E-state index contributed by atoms with van der Waals surface area (Å²) >= 11 is 0. The van der Waals surface area contributed by atoms with Gasteiger partial charge in [0.2, 0.25) is 11.8 Å². The molecule has 1 aromatic carbocycles. The van der Waals surface area contributed by atoms with E-state index in [2.05, 4.69) is 32.6 Å². The molecule has 142 valence electrons. The van der Waals surface area contributed by atoms with Crippen LogP contribution < -0.4 is 15.8 Å². The molecule has 1 saturated heterocycles. The highest BCUT2D eigenvalue weighted by Crippen LogP contribution is 2.35. The van der Waals surface area contributed by atoms with Gasteiger partial charge in [0.1, 0.15) is 6.10 Å². The Morgan fingerprint density at radius 1 is 1.21 bits per heavy atom. The highest BCUT2D eigenvalue weighted by Gasteiger charge is 2.21. The molecule has 2 aromatic heterocycles. The van der Waals surface area contributed by atoms with Crippen molar-refractivity contribution in [2.75, 3.05) is 18.8 Å². The number of nitrogens with one attached hydrogen (secondary N) is 1. The molecule has 0 spiro atoms. The summed E-state index contributed by atoms with van der Waals surface area (Å²) in [5.74, 6) is 0.959. The van der Waals surface area contributed by atoms with E-state index in [0.29, 0.717) is 11.8 Å². The van der Waals surface area contributed by atoms with E-state index < -0.39 is 0 Å². The Morgan fingerprint density at radius 2 is 2.18 bits per heavy atom. The first-order valence-electron chi connectivity index (χ1n) is 9.39. The summed E-state index contributed by atoms with van der Waals surface area (Å²) in [6.45, 7) is 1.89. The smallest absolute Gasteiger partial charge is 0.313 e. The maximum absolute atomic E-state index is 6.03. The van der Waals surface area contributed by atoms with Gasteiger partial charge in [-0.3, -0.25) is 4.98 Å². The van der Waals surface area contributed by atoms with Crippen molar-refractivity contribution in [2.45, 2.75) is 25.4 Å². The molecule has 2 aliphatic rings. The van der Waals surface area contributed by atoms with E-state index in [4.69, 9.17) is 19.9 Å². The van der Waals surface area contributed by atoms with Crippen LogP contribution in [0.3, 0.4) is 0 Å². The summed E-state index contributed by atoms with van der Waals surface area (Å²) in [6, 6.07) is 6.11. The van der Waals surface area contributed by atoms with Crippen LogP contribution in [0.4, 0.5) is 6.01 Å². The fourth-order valence-electron chi connectivity index (χ4n) is 3.68. The number of rotatable bonds is 4. The van der Waals surface area contributed by atoms with Gasteiger partial charge >= 0.3 is 6.01 Å². The van der Waals surface area contributed by atoms with E-state index >= 15 is 0 Å². The average Bonchev–Trinajstić information content (AvgIpc) is 3.35. The average molecular weight is 376 g/mol. The lowest BCUT2D eigenvalue weighted by atomic mass is 10.0. The number of hydrogen-bond acceptors (Lipinski definition) is 8. The number of nitrogens with zero attached hydrogens (tertiary/aromatic N) is 4. The molecular formula is C20H20N6O2. The summed E-state index contributed by atoms with van der Waals surface area (Å²) in [7, 11) is 0. The Kier molecular flexibility index (Phi) is 4.25. The molecule has 8 nitrogen and oxygen atoms in total. The lowest BCUT2D eigenvalue weighted by molar-refractivity contribution is 0.159. The van der Waals surface area contributed by atoms with Crippen molar-refractivity contribution in [3.05, 3.63) is 53.5 Å². The van der Waals surface area contributed by atoms with Gasteiger partial charge in [-0.2, -0.15) is 0 Å². The topological polar surface area (TPSA) is 112 Å². The summed E-state index contributed by atoms with van der Waals surface area (Å²) in [5.41, 5.74) is 10.5. The van der Waals surface area contributed by atoms with Crippen LogP contribution in [0.2, 0.25) is 0 Å². The number of anilines is 1. The number of fused-ring (bicyclic) bond motifs is 1. The predicted molar refractivity (Wildman–Crippen MR) is 103 cm³/mol. The summed E-state index contributed by atoms with van der Waals surface area (Å²) < 4.78 is 11.4. The lowest BCUT2D eigenvalue weighted by Crippen LogP contribution is -2.37. The molecule has 0 saturated carbocycles. The zero-order chi connectivity index (χ0) is 18.9. The quantitative estimate of drug-likeness (QED) is 0.713. The Bertz CT molecular complexity index is 1040. The number of piperidine rings is 1. The predicted octanol–water partition coefficient (Wildman–Crippen LogP) is 2.23. The Labute approximate surface area is 161 Å². The van der Waals surface area contributed by atoms with Crippen LogP contribution in [0.5, 0.6) is 5.88 Å². The number of benzene rings is 1. The van der Waals surface area contributed by atoms with Gasteiger partial charge in [-0.15, -0.1) is 5.10 Å². The van der Waals surface area contributed by atoms with Crippen molar-refractivity contribution in [3.8, 4) is 17.3 Å². The van der Waals surface area contributed by atoms with Gasteiger partial charge in [-0.05, 0) is 49.1 Å². The van der Waals surface area contributed by atoms with Gasteiger partial charge in [0.05, 0.1) is 18.1 Å². The summed E-state index contributed by atoms with van der Waals surface area (Å²) in [5, 5.41) is 11.1. The molecule has 3 N–H and O–H groups in total. The molecule has 5 rings (SSSR count). The van der Waals surface area contributed by atoms with Crippen molar-refractivity contribution in [1.82, 2.24) is 25.5 Å². The van der Waals surface area contributed by atoms with Gasteiger partial charge in [0.15, 0.2) is 0 Å². The highest BCUT2D eigenvalue weighted by molar-refractivity contribution is 5.84. The first kappa shape index (κ1) is 16.9. The molecule has 8 heteroatoms. The minimum atomic E-state index is 0.0548. The zero-order valence-corrected chi connectivity index (χ0v) is 15.3. The van der Waals surface area contributed by atoms with Crippen LogP contribution >= 0.6 is 0 Å². The summed E-state index contributed by atoms with van der Waals surface area (Å²) in [6.07, 6.45) is 8.72. The van der Waals surface area contributed by atoms with Gasteiger partial charge in [-0.1, -0.05) is 17.2 Å². The van der Waals surface area contributed by atoms with Crippen molar-refractivity contribution in [3.63, 3.8) is 0 Å². The van der Waals surface area contributed by atoms with Crippen molar-refractivity contribution >= 4 is 11.6 Å². The number of ether oxygens (including phenoxy) is 1. The molecule has 0 bridgehead atoms. The molecule has 1 atom stereocenters. The van der Waals surface area contributed by atoms with Crippen LogP contribution in [0.1, 0.15) is 29.7 Å². The molecule has 0 radical (unpaired) electrons. The van der Waals surface area contributed by atoms with Gasteiger partial charge in [0.25, 0.3) is 0 Å². The second-order valence-corrected chi connectivity index (χ2v) is 6.97. The SMILES string of the molecule is Nc1nnc(-c2ccc3c(c2)C(c2cncc(O[C@@H]4CCCNC4)n2)=CC3)o1. The number of nitrogens with two attached hydrogens (primary N) is 1. The molecule has 3 aromatic rings. The maximum atomic E-state index is 6.03. The molecular weight excluding hydrogens is 356 g/mol. The van der Waals surface area contributed by atoms with Crippen LogP contribution in [-0.4, -0.2) is 39.4 Å². The lowest BCUT2D eigenvalue weighted by Gasteiger charge is -2.23. The Morgan fingerprint density at radius 3 is 3.00 bits per heavy atom. The minimum absolute atomic E-state index is 0.0548. The third-order valence-electron chi connectivity index (χ3n) is 5.04. The maximum Gasteiger partial charge on any atom is 0.313 e. The van der Waals surface area contributed by atoms with E-state index in [9.17, 15) is 0 Å². The van der Waals surface area contributed by atoms with E-state index in [-0.39, 0.29) is 12.1 Å².